The Kier molecular flexibility index (Phi) is 5.81. The highest BCUT2D eigenvalue weighted by Gasteiger charge is 2.04. The van der Waals surface area contributed by atoms with Gasteiger partial charge in [-0.05, 0) is 62.4 Å². The lowest BCUT2D eigenvalue weighted by Gasteiger charge is -2.11. The Morgan fingerprint density at radius 1 is 0.885 bits per heavy atom. The number of aromatic nitrogens is 2. The molecule has 0 aliphatic rings. The molecule has 134 valence electrons. The van der Waals surface area contributed by atoms with E-state index < -0.39 is 0 Å². The lowest BCUT2D eigenvalue weighted by Crippen LogP contribution is -2.05. The molecule has 0 bridgehead atoms. The molecule has 0 saturated carbocycles. The van der Waals surface area contributed by atoms with Crippen LogP contribution in [0.1, 0.15) is 13.8 Å². The molecule has 5 nitrogen and oxygen atoms in total. The molecule has 0 saturated heterocycles. The first-order valence-corrected chi connectivity index (χ1v) is 8.84. The van der Waals surface area contributed by atoms with Crippen molar-refractivity contribution in [3.63, 3.8) is 0 Å². The van der Waals surface area contributed by atoms with Crippen molar-refractivity contribution in [2.45, 2.75) is 20.0 Å². The third-order valence-electron chi connectivity index (χ3n) is 3.33. The Bertz CT molecular complexity index is 885. The lowest BCUT2D eigenvalue weighted by atomic mass is 10.3. The largest absolute Gasteiger partial charge is 0.491 e. The number of rotatable bonds is 6. The van der Waals surface area contributed by atoms with Gasteiger partial charge in [0, 0.05) is 17.6 Å². The van der Waals surface area contributed by atoms with Gasteiger partial charge in [0.05, 0.1) is 16.1 Å². The Morgan fingerprint density at radius 2 is 1.62 bits per heavy atom. The molecule has 0 aliphatic carbocycles. The molecule has 0 atom stereocenters. The SMILES string of the molecule is CC(C)Oc1ccc(Nc2ccnc(Nc3ccc(Cl)c(Cl)c3)n2)cc1. The van der Waals surface area contributed by atoms with Crippen LogP contribution in [-0.4, -0.2) is 16.1 Å². The van der Waals surface area contributed by atoms with Gasteiger partial charge >= 0.3 is 0 Å². The van der Waals surface area contributed by atoms with Crippen molar-refractivity contribution >= 4 is 46.3 Å². The van der Waals surface area contributed by atoms with Gasteiger partial charge in [-0.2, -0.15) is 4.98 Å². The number of ether oxygens (including phenoxy) is 1. The topological polar surface area (TPSA) is 59.1 Å². The maximum Gasteiger partial charge on any atom is 0.229 e. The van der Waals surface area contributed by atoms with Crippen molar-refractivity contribution in [2.24, 2.45) is 0 Å². The first kappa shape index (κ1) is 18.3. The van der Waals surface area contributed by atoms with Gasteiger partial charge in [0.1, 0.15) is 11.6 Å². The van der Waals surface area contributed by atoms with Gasteiger partial charge in [-0.1, -0.05) is 23.2 Å². The Balaban J connectivity index is 1.69. The third-order valence-corrected chi connectivity index (χ3v) is 4.07. The van der Waals surface area contributed by atoms with Crippen molar-refractivity contribution in [3.8, 4) is 5.75 Å². The maximum atomic E-state index is 6.03. The average Bonchev–Trinajstić information content (AvgIpc) is 2.60. The highest BCUT2D eigenvalue weighted by atomic mass is 35.5. The smallest absolute Gasteiger partial charge is 0.229 e. The molecule has 0 aliphatic heterocycles. The minimum atomic E-state index is 0.144. The Morgan fingerprint density at radius 3 is 2.31 bits per heavy atom. The van der Waals surface area contributed by atoms with Crippen molar-refractivity contribution in [3.05, 3.63) is 64.8 Å². The minimum Gasteiger partial charge on any atom is -0.491 e. The summed E-state index contributed by atoms with van der Waals surface area (Å²) in [4.78, 5) is 8.66. The first-order valence-electron chi connectivity index (χ1n) is 8.08. The Labute approximate surface area is 162 Å². The molecule has 7 heteroatoms. The van der Waals surface area contributed by atoms with Crippen LogP contribution in [0.4, 0.5) is 23.1 Å². The van der Waals surface area contributed by atoms with Gasteiger partial charge < -0.3 is 15.4 Å². The molecule has 1 aromatic heterocycles. The molecule has 0 amide bonds. The van der Waals surface area contributed by atoms with E-state index in [0.717, 1.165) is 17.1 Å². The number of anilines is 4. The van der Waals surface area contributed by atoms with Gasteiger partial charge in [0.15, 0.2) is 0 Å². The summed E-state index contributed by atoms with van der Waals surface area (Å²) < 4.78 is 5.64. The molecular weight excluding hydrogens is 371 g/mol. The number of nitrogens with zero attached hydrogens (tertiary/aromatic N) is 2. The van der Waals surface area contributed by atoms with Crippen LogP contribution in [0, 0.1) is 0 Å². The van der Waals surface area contributed by atoms with Gasteiger partial charge in [-0.15, -0.1) is 0 Å². The predicted molar refractivity (Wildman–Crippen MR) is 107 cm³/mol. The van der Waals surface area contributed by atoms with Crippen LogP contribution in [0.25, 0.3) is 0 Å². The van der Waals surface area contributed by atoms with Crippen molar-refractivity contribution in [1.82, 2.24) is 9.97 Å². The number of nitrogens with one attached hydrogen (secondary N) is 2. The van der Waals surface area contributed by atoms with E-state index >= 15 is 0 Å². The van der Waals surface area contributed by atoms with E-state index in [9.17, 15) is 0 Å². The fourth-order valence-corrected chi connectivity index (χ4v) is 2.53. The number of hydrogen-bond acceptors (Lipinski definition) is 5. The molecule has 3 rings (SSSR count). The monoisotopic (exact) mass is 388 g/mol. The summed E-state index contributed by atoms with van der Waals surface area (Å²) >= 11 is 12.0. The quantitative estimate of drug-likeness (QED) is 0.537. The zero-order valence-electron chi connectivity index (χ0n) is 14.3. The van der Waals surface area contributed by atoms with Crippen LogP contribution in [-0.2, 0) is 0 Å². The summed E-state index contributed by atoms with van der Waals surface area (Å²) in [7, 11) is 0. The van der Waals surface area contributed by atoms with Crippen molar-refractivity contribution in [2.75, 3.05) is 10.6 Å². The maximum absolute atomic E-state index is 6.03. The molecule has 0 spiro atoms. The zero-order chi connectivity index (χ0) is 18.5. The van der Waals surface area contributed by atoms with E-state index in [-0.39, 0.29) is 6.10 Å². The number of benzene rings is 2. The van der Waals surface area contributed by atoms with E-state index in [1.54, 1.807) is 24.4 Å². The van der Waals surface area contributed by atoms with Crippen LogP contribution < -0.4 is 15.4 Å². The van der Waals surface area contributed by atoms with E-state index in [1.165, 1.54) is 0 Å². The summed E-state index contributed by atoms with van der Waals surface area (Å²) in [5.41, 5.74) is 1.66. The fraction of sp³-hybridized carbons (Fsp3) is 0.158. The lowest BCUT2D eigenvalue weighted by molar-refractivity contribution is 0.242. The zero-order valence-corrected chi connectivity index (χ0v) is 15.8. The highest BCUT2D eigenvalue weighted by molar-refractivity contribution is 6.42. The fourth-order valence-electron chi connectivity index (χ4n) is 2.23. The Hall–Kier alpha value is -2.50. The summed E-state index contributed by atoms with van der Waals surface area (Å²) in [5.74, 6) is 1.95. The van der Waals surface area contributed by atoms with Gasteiger partial charge in [-0.25, -0.2) is 4.98 Å². The summed E-state index contributed by atoms with van der Waals surface area (Å²) in [6, 6.07) is 14.7. The van der Waals surface area contributed by atoms with Crippen LogP contribution >= 0.6 is 23.2 Å². The summed E-state index contributed by atoms with van der Waals surface area (Å²) in [6.07, 6.45) is 1.82. The number of hydrogen-bond donors (Lipinski definition) is 2. The molecule has 0 radical (unpaired) electrons. The van der Waals surface area contributed by atoms with E-state index in [1.807, 2.05) is 44.2 Å². The normalized spacial score (nSPS) is 10.7. The van der Waals surface area contributed by atoms with Crippen LogP contribution in [0.15, 0.2) is 54.7 Å². The van der Waals surface area contributed by atoms with Crippen LogP contribution in [0.3, 0.4) is 0 Å². The third kappa shape index (κ3) is 5.00. The van der Waals surface area contributed by atoms with Gasteiger partial charge in [-0.3, -0.25) is 0 Å². The first-order chi connectivity index (χ1) is 12.5. The molecule has 2 N–H and O–H groups in total. The number of halogens is 2. The van der Waals surface area contributed by atoms with Crippen molar-refractivity contribution in [1.29, 1.82) is 0 Å². The standard InChI is InChI=1S/C19H18Cl2N4O/c1-12(2)26-15-6-3-13(4-7-15)23-18-9-10-22-19(25-18)24-14-5-8-16(20)17(21)11-14/h3-12H,1-2H3,(H2,22,23,24,25). The van der Waals surface area contributed by atoms with Crippen LogP contribution in [0.5, 0.6) is 5.75 Å². The highest BCUT2D eigenvalue weighted by Crippen LogP contribution is 2.26. The molecule has 0 unspecified atom stereocenters. The second-order valence-corrected chi connectivity index (χ2v) is 6.65. The molecule has 2 aromatic carbocycles. The molecule has 0 fully saturated rings. The van der Waals surface area contributed by atoms with Crippen LogP contribution in [0.2, 0.25) is 10.0 Å². The molecule has 26 heavy (non-hydrogen) atoms. The van der Waals surface area contributed by atoms with E-state index in [0.29, 0.717) is 21.8 Å². The van der Waals surface area contributed by atoms with E-state index in [4.69, 9.17) is 27.9 Å². The summed E-state index contributed by atoms with van der Waals surface area (Å²) in [6.45, 7) is 3.99. The second-order valence-electron chi connectivity index (χ2n) is 5.84. The average molecular weight is 389 g/mol. The van der Waals surface area contributed by atoms with Gasteiger partial charge in [0.25, 0.3) is 0 Å². The van der Waals surface area contributed by atoms with Crippen molar-refractivity contribution < 1.29 is 4.74 Å². The molecular formula is C19H18Cl2N4O. The van der Waals surface area contributed by atoms with E-state index in [2.05, 4.69) is 20.6 Å². The predicted octanol–water partition coefficient (Wildman–Crippen LogP) is 6.06. The molecule has 1 heterocycles. The van der Waals surface area contributed by atoms with Gasteiger partial charge in [0.2, 0.25) is 5.95 Å². The minimum absolute atomic E-state index is 0.144. The molecule has 3 aromatic rings. The second kappa shape index (κ2) is 8.25. The summed E-state index contributed by atoms with van der Waals surface area (Å²) in [5, 5.41) is 7.31.